The van der Waals surface area contributed by atoms with E-state index < -0.39 is 29.6 Å². The van der Waals surface area contributed by atoms with Crippen LogP contribution in [0.15, 0.2) is 11.6 Å². The van der Waals surface area contributed by atoms with Gasteiger partial charge in [0.1, 0.15) is 5.60 Å². The Balaban J connectivity index is 2.73. The number of carbonyl (C=O) groups is 2. The summed E-state index contributed by atoms with van der Waals surface area (Å²) in [6, 6.07) is 1.43. The van der Waals surface area contributed by atoms with Gasteiger partial charge in [0.15, 0.2) is 0 Å². The SMILES string of the molecule is CCOC(=O)[C@H]1CC(C#N)=C[C@H]1NC(=O)OC(C)(C)C. The minimum absolute atomic E-state index is 0.260. The third-order valence-electron chi connectivity index (χ3n) is 2.67. The zero-order valence-corrected chi connectivity index (χ0v) is 12.2. The van der Waals surface area contributed by atoms with Crippen LogP contribution in [0.25, 0.3) is 0 Å². The van der Waals surface area contributed by atoms with Crippen LogP contribution in [0.4, 0.5) is 4.79 Å². The standard InChI is InChI=1S/C14H20N2O4/c1-5-19-12(17)10-6-9(8-15)7-11(10)16-13(18)20-14(2,3)4/h7,10-11H,5-6H2,1-4H3,(H,16,18)/t10-,11+/m0/s1. The van der Waals surface area contributed by atoms with Gasteiger partial charge in [-0.25, -0.2) is 4.79 Å². The number of hydrogen-bond donors (Lipinski definition) is 1. The third kappa shape index (κ3) is 4.57. The van der Waals surface area contributed by atoms with E-state index >= 15 is 0 Å². The van der Waals surface area contributed by atoms with Gasteiger partial charge in [0.2, 0.25) is 0 Å². The molecule has 1 aliphatic carbocycles. The third-order valence-corrected chi connectivity index (χ3v) is 2.67. The molecule has 1 aliphatic rings. The summed E-state index contributed by atoms with van der Waals surface area (Å²) < 4.78 is 10.1. The van der Waals surface area contributed by atoms with Crippen LogP contribution in [0.3, 0.4) is 0 Å². The quantitative estimate of drug-likeness (QED) is 0.798. The molecular weight excluding hydrogens is 260 g/mol. The Morgan fingerprint density at radius 1 is 1.50 bits per heavy atom. The lowest BCUT2D eigenvalue weighted by atomic mass is 10.0. The van der Waals surface area contributed by atoms with Crippen molar-refractivity contribution in [3.63, 3.8) is 0 Å². The number of nitrogens with one attached hydrogen (secondary N) is 1. The average Bonchev–Trinajstić information content (AvgIpc) is 2.69. The lowest BCUT2D eigenvalue weighted by molar-refractivity contribution is -0.148. The molecule has 0 unspecified atom stereocenters. The lowest BCUT2D eigenvalue weighted by Gasteiger charge is -2.23. The topological polar surface area (TPSA) is 88.4 Å². The summed E-state index contributed by atoms with van der Waals surface area (Å²) in [6.45, 7) is 7.22. The van der Waals surface area contributed by atoms with Crippen LogP contribution in [-0.4, -0.2) is 30.3 Å². The molecule has 0 aromatic rings. The highest BCUT2D eigenvalue weighted by Crippen LogP contribution is 2.26. The number of esters is 1. The highest BCUT2D eigenvalue weighted by Gasteiger charge is 2.36. The summed E-state index contributed by atoms with van der Waals surface area (Å²) in [5.74, 6) is -0.993. The molecule has 1 rings (SSSR count). The van der Waals surface area contributed by atoms with E-state index in [1.54, 1.807) is 33.8 Å². The molecule has 1 amide bonds. The maximum absolute atomic E-state index is 11.8. The first kappa shape index (κ1) is 16.0. The first-order chi connectivity index (χ1) is 9.26. The number of carbonyl (C=O) groups excluding carboxylic acids is 2. The van der Waals surface area contributed by atoms with Crippen molar-refractivity contribution in [3.05, 3.63) is 11.6 Å². The van der Waals surface area contributed by atoms with Crippen molar-refractivity contribution in [3.8, 4) is 6.07 Å². The Kier molecular flexibility index (Phi) is 5.14. The molecular formula is C14H20N2O4. The summed E-state index contributed by atoms with van der Waals surface area (Å²) in [4.78, 5) is 23.6. The zero-order valence-electron chi connectivity index (χ0n) is 12.2. The zero-order chi connectivity index (χ0) is 15.3. The fraction of sp³-hybridized carbons (Fsp3) is 0.643. The van der Waals surface area contributed by atoms with E-state index in [0.717, 1.165) is 0 Å². The molecule has 0 aromatic carbocycles. The molecule has 6 nitrogen and oxygen atoms in total. The van der Waals surface area contributed by atoms with Crippen molar-refractivity contribution in [1.29, 1.82) is 5.26 Å². The smallest absolute Gasteiger partial charge is 0.408 e. The Morgan fingerprint density at radius 3 is 2.65 bits per heavy atom. The molecule has 0 aromatic heterocycles. The monoisotopic (exact) mass is 280 g/mol. The minimum Gasteiger partial charge on any atom is -0.466 e. The van der Waals surface area contributed by atoms with Gasteiger partial charge >= 0.3 is 12.1 Å². The van der Waals surface area contributed by atoms with Crippen molar-refractivity contribution >= 4 is 12.1 Å². The van der Waals surface area contributed by atoms with E-state index in [4.69, 9.17) is 14.7 Å². The van der Waals surface area contributed by atoms with Crippen molar-refractivity contribution in [2.45, 2.75) is 45.8 Å². The average molecular weight is 280 g/mol. The van der Waals surface area contributed by atoms with Gasteiger partial charge in [0.25, 0.3) is 0 Å². The van der Waals surface area contributed by atoms with Crippen molar-refractivity contribution in [2.24, 2.45) is 5.92 Å². The Labute approximate surface area is 118 Å². The van der Waals surface area contributed by atoms with E-state index in [2.05, 4.69) is 5.32 Å². The molecule has 6 heteroatoms. The minimum atomic E-state index is -0.621. The maximum atomic E-state index is 11.8. The van der Waals surface area contributed by atoms with Crippen molar-refractivity contribution in [1.82, 2.24) is 5.32 Å². The Bertz CT molecular complexity index is 457. The molecule has 0 bridgehead atoms. The largest absolute Gasteiger partial charge is 0.466 e. The summed E-state index contributed by atoms with van der Waals surface area (Å²) in [5, 5.41) is 11.5. The molecule has 2 atom stereocenters. The van der Waals surface area contributed by atoms with Gasteiger partial charge in [-0.15, -0.1) is 0 Å². The number of allylic oxidation sites excluding steroid dienone is 1. The highest BCUT2D eigenvalue weighted by molar-refractivity contribution is 5.77. The molecule has 1 N–H and O–H groups in total. The molecule has 0 saturated heterocycles. The number of ether oxygens (including phenoxy) is 2. The van der Waals surface area contributed by atoms with E-state index in [1.807, 2.05) is 6.07 Å². The first-order valence-corrected chi connectivity index (χ1v) is 6.53. The number of amides is 1. The number of hydrogen-bond acceptors (Lipinski definition) is 5. The van der Waals surface area contributed by atoms with Crippen LogP contribution in [0.5, 0.6) is 0 Å². The van der Waals surface area contributed by atoms with E-state index in [1.165, 1.54) is 0 Å². The fourth-order valence-electron chi connectivity index (χ4n) is 1.91. The number of rotatable bonds is 3. The van der Waals surface area contributed by atoms with E-state index in [0.29, 0.717) is 5.57 Å². The van der Waals surface area contributed by atoms with E-state index in [9.17, 15) is 9.59 Å². The van der Waals surface area contributed by atoms with Crippen molar-refractivity contribution < 1.29 is 19.1 Å². The Hall–Kier alpha value is -2.03. The molecule has 0 fully saturated rings. The van der Waals surface area contributed by atoms with E-state index in [-0.39, 0.29) is 13.0 Å². The van der Waals surface area contributed by atoms with Gasteiger partial charge in [-0.1, -0.05) is 0 Å². The number of nitriles is 1. The van der Waals surface area contributed by atoms with Crippen LogP contribution < -0.4 is 5.32 Å². The fourth-order valence-corrected chi connectivity index (χ4v) is 1.91. The van der Waals surface area contributed by atoms with Crippen LogP contribution in [0.1, 0.15) is 34.1 Å². The Morgan fingerprint density at radius 2 is 2.15 bits per heavy atom. The van der Waals surface area contributed by atoms with Gasteiger partial charge in [-0.2, -0.15) is 5.26 Å². The summed E-state index contributed by atoms with van der Waals surface area (Å²) >= 11 is 0. The number of alkyl carbamates (subject to hydrolysis) is 1. The molecule has 20 heavy (non-hydrogen) atoms. The van der Waals surface area contributed by atoms with Gasteiger partial charge in [-0.3, -0.25) is 4.79 Å². The van der Waals surface area contributed by atoms with Gasteiger partial charge in [-0.05, 0) is 40.2 Å². The molecule has 0 spiro atoms. The maximum Gasteiger partial charge on any atom is 0.408 e. The second-order valence-electron chi connectivity index (χ2n) is 5.54. The van der Waals surface area contributed by atoms with Gasteiger partial charge in [0.05, 0.1) is 24.6 Å². The summed E-state index contributed by atoms with van der Waals surface area (Å²) in [5.41, 5.74) is -0.159. The summed E-state index contributed by atoms with van der Waals surface area (Å²) in [7, 11) is 0. The van der Waals surface area contributed by atoms with Crippen LogP contribution in [0.2, 0.25) is 0 Å². The second-order valence-corrected chi connectivity index (χ2v) is 5.54. The summed E-state index contributed by atoms with van der Waals surface area (Å²) in [6.07, 6.45) is 1.23. The second kappa shape index (κ2) is 6.42. The molecule has 0 heterocycles. The highest BCUT2D eigenvalue weighted by atomic mass is 16.6. The molecule has 0 saturated carbocycles. The van der Waals surface area contributed by atoms with Gasteiger partial charge < -0.3 is 14.8 Å². The number of nitrogens with zero attached hydrogens (tertiary/aromatic N) is 1. The molecule has 110 valence electrons. The van der Waals surface area contributed by atoms with Crippen LogP contribution in [0, 0.1) is 17.2 Å². The van der Waals surface area contributed by atoms with Crippen LogP contribution >= 0.6 is 0 Å². The van der Waals surface area contributed by atoms with Crippen molar-refractivity contribution in [2.75, 3.05) is 6.61 Å². The lowest BCUT2D eigenvalue weighted by Crippen LogP contribution is -2.43. The predicted octanol–water partition coefficient (Wildman–Crippen LogP) is 1.91. The van der Waals surface area contributed by atoms with Crippen LogP contribution in [-0.2, 0) is 14.3 Å². The molecule has 0 radical (unpaired) electrons. The predicted molar refractivity (Wildman–Crippen MR) is 71.6 cm³/mol. The van der Waals surface area contributed by atoms with Gasteiger partial charge in [0, 0.05) is 5.57 Å². The normalized spacial score (nSPS) is 21.6. The first-order valence-electron chi connectivity index (χ1n) is 6.53. The molecule has 0 aliphatic heterocycles.